The average Bonchev–Trinajstić information content (AvgIpc) is 2.44. The second kappa shape index (κ2) is 7.35. The summed E-state index contributed by atoms with van der Waals surface area (Å²) in [6.45, 7) is 0. The molecule has 106 valence electrons. The molecule has 0 fully saturated rings. The lowest BCUT2D eigenvalue weighted by molar-refractivity contribution is 0.272. The highest BCUT2D eigenvalue weighted by molar-refractivity contribution is 14.1. The van der Waals surface area contributed by atoms with Gasteiger partial charge in [0.25, 0.3) is 0 Å². The zero-order chi connectivity index (χ0) is 14.8. The van der Waals surface area contributed by atoms with Crippen molar-refractivity contribution in [2.75, 3.05) is 14.2 Å². The van der Waals surface area contributed by atoms with Gasteiger partial charge in [-0.2, -0.15) is 0 Å². The highest BCUT2D eigenvalue weighted by atomic mass is 127. The van der Waals surface area contributed by atoms with Gasteiger partial charge in [-0.3, -0.25) is 0 Å². The molecule has 0 radical (unpaired) electrons. The first-order chi connectivity index (χ1) is 9.53. The molecule has 6 heteroatoms. The maximum absolute atomic E-state index is 5.93. The van der Waals surface area contributed by atoms with Gasteiger partial charge in [-0.25, -0.2) is 0 Å². The predicted molar refractivity (Wildman–Crippen MR) is 110 cm³/mol. The molecule has 2 aromatic carbocycles. The quantitative estimate of drug-likeness (QED) is 0.385. The van der Waals surface area contributed by atoms with Gasteiger partial charge < -0.3 is 8.85 Å². The van der Waals surface area contributed by atoms with Crippen molar-refractivity contribution in [1.82, 2.24) is 0 Å². The van der Waals surface area contributed by atoms with Crippen molar-refractivity contribution in [3.8, 4) is 0 Å². The molecule has 0 saturated heterocycles. The van der Waals surface area contributed by atoms with Gasteiger partial charge in [0, 0.05) is 30.1 Å². The summed E-state index contributed by atoms with van der Waals surface area (Å²) in [6, 6.07) is 14.8. The lowest BCUT2D eigenvalue weighted by Crippen LogP contribution is -2.63. The van der Waals surface area contributed by atoms with Gasteiger partial charge >= 0.3 is 8.56 Å². The molecular formula is C14H13I3O2Si. The minimum Gasteiger partial charge on any atom is -0.391 e. The van der Waals surface area contributed by atoms with Crippen LogP contribution in [-0.2, 0) is 8.85 Å². The van der Waals surface area contributed by atoms with E-state index < -0.39 is 8.56 Å². The van der Waals surface area contributed by atoms with Crippen LogP contribution in [0.2, 0.25) is 0 Å². The summed E-state index contributed by atoms with van der Waals surface area (Å²) in [5.74, 6) is 0. The summed E-state index contributed by atoms with van der Waals surface area (Å²) in [7, 11) is 0.875. The second-order valence-corrected chi connectivity index (χ2v) is 11.0. The van der Waals surface area contributed by atoms with Crippen LogP contribution in [0, 0.1) is 10.7 Å². The summed E-state index contributed by atoms with van der Waals surface area (Å²) >= 11 is 6.99. The normalized spacial score (nSPS) is 11.7. The van der Waals surface area contributed by atoms with Crippen LogP contribution in [-0.4, -0.2) is 22.8 Å². The Morgan fingerprint density at radius 3 is 1.85 bits per heavy atom. The highest BCUT2D eigenvalue weighted by Gasteiger charge is 2.42. The summed E-state index contributed by atoms with van der Waals surface area (Å²) in [6.07, 6.45) is 0. The monoisotopic (exact) mass is 622 g/mol. The first kappa shape index (κ1) is 17.1. The summed E-state index contributed by atoms with van der Waals surface area (Å²) in [5.41, 5.74) is 0. The van der Waals surface area contributed by atoms with E-state index in [1.807, 2.05) is 0 Å². The van der Waals surface area contributed by atoms with E-state index in [-0.39, 0.29) is 0 Å². The number of hydrogen-bond acceptors (Lipinski definition) is 2. The Labute approximate surface area is 161 Å². The molecule has 0 bridgehead atoms. The Kier molecular flexibility index (Phi) is 6.30. The van der Waals surface area contributed by atoms with Crippen molar-refractivity contribution in [2.45, 2.75) is 0 Å². The van der Waals surface area contributed by atoms with Gasteiger partial charge in [-0.05, 0) is 97.2 Å². The highest BCUT2D eigenvalue weighted by Crippen LogP contribution is 2.16. The molecule has 2 nitrogen and oxygen atoms in total. The van der Waals surface area contributed by atoms with Crippen LogP contribution in [0.5, 0.6) is 0 Å². The summed E-state index contributed by atoms with van der Waals surface area (Å²) in [4.78, 5) is 0. The fraction of sp³-hybridized carbons (Fsp3) is 0.143. The molecule has 20 heavy (non-hydrogen) atoms. The number of benzene rings is 2. The van der Waals surface area contributed by atoms with Crippen LogP contribution in [0.4, 0.5) is 0 Å². The molecule has 0 atom stereocenters. The third-order valence-corrected chi connectivity index (χ3v) is 9.26. The Morgan fingerprint density at radius 2 is 1.35 bits per heavy atom. The van der Waals surface area contributed by atoms with E-state index in [4.69, 9.17) is 8.85 Å². The van der Waals surface area contributed by atoms with E-state index in [2.05, 4.69) is 110 Å². The van der Waals surface area contributed by atoms with Crippen LogP contribution in [0.15, 0.2) is 42.5 Å². The largest absolute Gasteiger partial charge is 0.407 e. The molecule has 0 saturated carbocycles. The van der Waals surface area contributed by atoms with E-state index in [9.17, 15) is 0 Å². The molecule has 0 heterocycles. The number of rotatable bonds is 4. The first-order valence-corrected chi connectivity index (χ1v) is 10.9. The standard InChI is InChI=1S/C14H13I3O2Si/c1-18-20(19-2,12-6-3-10(15)4-7-12)14-8-5-11(16)9-13(14)17/h3-9H,1-2H3. The predicted octanol–water partition coefficient (Wildman–Crippen LogP) is 3.35. The molecule has 0 aliphatic rings. The topological polar surface area (TPSA) is 18.5 Å². The van der Waals surface area contributed by atoms with Crippen molar-refractivity contribution in [3.63, 3.8) is 0 Å². The molecule has 0 N–H and O–H groups in total. The molecule has 2 rings (SSSR count). The van der Waals surface area contributed by atoms with Crippen molar-refractivity contribution in [1.29, 1.82) is 0 Å². The molecular weight excluding hydrogens is 609 g/mol. The zero-order valence-corrected chi connectivity index (χ0v) is 18.5. The Morgan fingerprint density at radius 1 is 0.800 bits per heavy atom. The molecule has 0 amide bonds. The summed E-state index contributed by atoms with van der Waals surface area (Å²) < 4.78 is 15.5. The SMILES string of the molecule is CO[Si](OC)(c1ccc(I)cc1)c1ccc(I)cc1I. The Bertz CT molecular complexity index is 598. The lowest BCUT2D eigenvalue weighted by atomic mass is 10.4. The van der Waals surface area contributed by atoms with Crippen LogP contribution >= 0.6 is 67.8 Å². The number of halogens is 3. The molecule has 0 aliphatic heterocycles. The number of hydrogen-bond donors (Lipinski definition) is 0. The Hall–Kier alpha value is 0.767. The van der Waals surface area contributed by atoms with Gasteiger partial charge in [0.2, 0.25) is 0 Å². The average molecular weight is 622 g/mol. The summed E-state index contributed by atoms with van der Waals surface area (Å²) in [5, 5.41) is 2.28. The van der Waals surface area contributed by atoms with Crippen LogP contribution in [0.1, 0.15) is 0 Å². The molecule has 0 aliphatic carbocycles. The Balaban J connectivity index is 2.62. The van der Waals surface area contributed by atoms with E-state index in [1.54, 1.807) is 14.2 Å². The van der Waals surface area contributed by atoms with E-state index in [1.165, 1.54) is 10.7 Å². The van der Waals surface area contributed by atoms with Gasteiger partial charge in [0.15, 0.2) is 0 Å². The smallest absolute Gasteiger partial charge is 0.391 e. The molecule has 2 aromatic rings. The molecule has 0 aromatic heterocycles. The van der Waals surface area contributed by atoms with Crippen LogP contribution < -0.4 is 10.4 Å². The lowest BCUT2D eigenvalue weighted by Gasteiger charge is -2.29. The van der Waals surface area contributed by atoms with Crippen molar-refractivity contribution in [2.24, 2.45) is 0 Å². The van der Waals surface area contributed by atoms with Gasteiger partial charge in [-0.15, -0.1) is 0 Å². The maximum Gasteiger partial charge on any atom is 0.407 e. The van der Waals surface area contributed by atoms with Crippen molar-refractivity contribution in [3.05, 3.63) is 53.2 Å². The first-order valence-electron chi connectivity index (χ1n) is 5.85. The van der Waals surface area contributed by atoms with Gasteiger partial charge in [0.05, 0.1) is 0 Å². The van der Waals surface area contributed by atoms with Crippen LogP contribution in [0.3, 0.4) is 0 Å². The van der Waals surface area contributed by atoms with Crippen molar-refractivity contribution >= 4 is 86.7 Å². The fourth-order valence-electron chi connectivity index (χ4n) is 2.12. The van der Waals surface area contributed by atoms with Gasteiger partial charge in [0.1, 0.15) is 0 Å². The second-order valence-electron chi connectivity index (χ2n) is 4.16. The third kappa shape index (κ3) is 3.40. The minimum absolute atomic E-state index is 1.13. The zero-order valence-electron chi connectivity index (χ0n) is 11.0. The van der Waals surface area contributed by atoms with E-state index in [0.29, 0.717) is 0 Å². The van der Waals surface area contributed by atoms with E-state index in [0.717, 1.165) is 10.4 Å². The maximum atomic E-state index is 5.93. The molecule has 0 unspecified atom stereocenters. The fourth-order valence-corrected chi connectivity index (χ4v) is 7.83. The van der Waals surface area contributed by atoms with Gasteiger partial charge in [-0.1, -0.05) is 18.2 Å². The third-order valence-electron chi connectivity index (χ3n) is 3.08. The van der Waals surface area contributed by atoms with Crippen LogP contribution in [0.25, 0.3) is 0 Å². The van der Waals surface area contributed by atoms with Crippen molar-refractivity contribution < 1.29 is 8.85 Å². The minimum atomic E-state index is -2.60. The van der Waals surface area contributed by atoms with E-state index >= 15 is 0 Å². The molecule has 0 spiro atoms.